The Balaban J connectivity index is 1.42. The van der Waals surface area contributed by atoms with E-state index in [1.54, 1.807) is 7.11 Å². The largest absolute Gasteiger partial charge is 0.493 e. The van der Waals surface area contributed by atoms with Gasteiger partial charge in [0.05, 0.1) is 26.9 Å². The molecule has 5 aliphatic carbocycles. The van der Waals surface area contributed by atoms with E-state index in [9.17, 15) is 10.2 Å². The summed E-state index contributed by atoms with van der Waals surface area (Å²) in [7, 11) is 3.56. The molecule has 0 aromatic heterocycles. The van der Waals surface area contributed by atoms with Crippen molar-refractivity contribution in [1.29, 1.82) is 0 Å². The minimum atomic E-state index is -0.852. The molecule has 7 nitrogen and oxygen atoms in total. The number of fused-ring (bicyclic) bond motifs is 2. The summed E-state index contributed by atoms with van der Waals surface area (Å²) >= 11 is 0. The van der Waals surface area contributed by atoms with E-state index in [1.165, 1.54) is 30.5 Å². The van der Waals surface area contributed by atoms with Crippen molar-refractivity contribution in [2.24, 2.45) is 17.3 Å². The average molecular weight is 502 g/mol. The molecule has 6 aliphatic rings. The third kappa shape index (κ3) is 3.64. The highest BCUT2D eigenvalue weighted by Crippen LogP contribution is 2.71. The molecular formula is C29H43NO6. The zero-order valence-corrected chi connectivity index (χ0v) is 22.1. The predicted molar refractivity (Wildman–Crippen MR) is 136 cm³/mol. The van der Waals surface area contributed by atoms with E-state index < -0.39 is 11.7 Å². The second-order valence-corrected chi connectivity index (χ2v) is 12.0. The van der Waals surface area contributed by atoms with Crippen LogP contribution in [0.25, 0.3) is 0 Å². The Morgan fingerprint density at radius 3 is 2.75 bits per heavy atom. The van der Waals surface area contributed by atoms with Crippen molar-refractivity contribution in [1.82, 2.24) is 4.90 Å². The maximum absolute atomic E-state index is 9.88. The SMILES string of the molecule is CCCN(CC1CC1)[C@@H]1Cc2ccc(OC)c3c2C2[C@@H](O3)[C@@]3(OC)CC[C@]21C[C@@H]3COCC(O)CO. The zero-order valence-electron chi connectivity index (χ0n) is 22.1. The Bertz CT molecular complexity index is 967. The van der Waals surface area contributed by atoms with E-state index in [0.717, 1.165) is 56.1 Å². The number of aliphatic hydroxyl groups excluding tert-OH is 2. The van der Waals surface area contributed by atoms with Crippen LogP contribution in [0.15, 0.2) is 12.1 Å². The van der Waals surface area contributed by atoms with Gasteiger partial charge in [-0.3, -0.25) is 4.90 Å². The molecule has 2 unspecified atom stereocenters. The molecule has 2 bridgehead atoms. The molecule has 200 valence electrons. The lowest BCUT2D eigenvalue weighted by molar-refractivity contribution is -0.243. The number of aliphatic hydroxyl groups is 2. The molecule has 1 aliphatic heterocycles. The standard InChI is InChI=1S/C29H43NO6/c1-4-11-30(14-18-5-6-18)23-12-19-7-8-22(33-2)26-24(19)25-27(36-26)29(34-3)10-9-28(23,25)13-20(29)16-35-17-21(32)15-31/h7-8,18,20-21,23,25,27,31-32H,4-6,9-17H2,1-3H3/t20-,21?,23-,25?,27-,28-,29-/m1/s1. The van der Waals surface area contributed by atoms with Crippen LogP contribution in [0.1, 0.15) is 62.5 Å². The van der Waals surface area contributed by atoms with Crippen LogP contribution in [0, 0.1) is 17.3 Å². The molecule has 1 heterocycles. The third-order valence-electron chi connectivity index (χ3n) is 10.2. The predicted octanol–water partition coefficient (Wildman–Crippen LogP) is 3.14. The van der Waals surface area contributed by atoms with Gasteiger partial charge in [-0.05, 0) is 74.5 Å². The summed E-state index contributed by atoms with van der Waals surface area (Å²) in [5.41, 5.74) is 2.45. The van der Waals surface area contributed by atoms with Crippen LogP contribution < -0.4 is 9.47 Å². The maximum Gasteiger partial charge on any atom is 0.165 e. The first-order valence-corrected chi connectivity index (χ1v) is 14.0. The first kappa shape index (κ1) is 24.9. The molecule has 36 heavy (non-hydrogen) atoms. The second-order valence-electron chi connectivity index (χ2n) is 12.0. The minimum absolute atomic E-state index is 0.0707. The van der Waals surface area contributed by atoms with Gasteiger partial charge in [-0.25, -0.2) is 0 Å². The van der Waals surface area contributed by atoms with Gasteiger partial charge in [0.1, 0.15) is 17.8 Å². The van der Waals surface area contributed by atoms with E-state index in [4.69, 9.17) is 18.9 Å². The van der Waals surface area contributed by atoms with Gasteiger partial charge < -0.3 is 29.2 Å². The second kappa shape index (κ2) is 9.42. The van der Waals surface area contributed by atoms with Crippen LogP contribution in [0.4, 0.5) is 0 Å². The van der Waals surface area contributed by atoms with Gasteiger partial charge in [0.15, 0.2) is 11.5 Å². The van der Waals surface area contributed by atoms with Crippen molar-refractivity contribution in [3.05, 3.63) is 23.3 Å². The van der Waals surface area contributed by atoms with Crippen LogP contribution >= 0.6 is 0 Å². The highest BCUT2D eigenvalue weighted by atomic mass is 16.6. The summed E-state index contributed by atoms with van der Waals surface area (Å²) in [6, 6.07) is 4.84. The summed E-state index contributed by atoms with van der Waals surface area (Å²) in [6.45, 7) is 5.00. The Hall–Kier alpha value is -1.38. The number of hydrogen-bond acceptors (Lipinski definition) is 7. The smallest absolute Gasteiger partial charge is 0.165 e. The summed E-state index contributed by atoms with van der Waals surface area (Å²) in [5.74, 6) is 3.06. The fraction of sp³-hybridized carbons (Fsp3) is 0.793. The van der Waals surface area contributed by atoms with Gasteiger partial charge in [-0.15, -0.1) is 0 Å². The molecule has 7 rings (SSSR count). The molecule has 0 saturated heterocycles. The molecular weight excluding hydrogens is 458 g/mol. The van der Waals surface area contributed by atoms with Gasteiger partial charge in [0, 0.05) is 37.1 Å². The van der Waals surface area contributed by atoms with E-state index in [0.29, 0.717) is 18.6 Å². The molecule has 7 atom stereocenters. The number of ether oxygens (including phenoxy) is 4. The summed E-state index contributed by atoms with van der Waals surface area (Å²) in [5, 5.41) is 19.1. The summed E-state index contributed by atoms with van der Waals surface area (Å²) in [6.07, 6.45) is 7.15. The minimum Gasteiger partial charge on any atom is -0.493 e. The van der Waals surface area contributed by atoms with E-state index in [1.807, 2.05) is 7.11 Å². The molecule has 1 aromatic rings. The Morgan fingerprint density at radius 1 is 1.22 bits per heavy atom. The number of nitrogens with zero attached hydrogens (tertiary/aromatic N) is 1. The molecule has 4 saturated carbocycles. The van der Waals surface area contributed by atoms with Crippen molar-refractivity contribution in [2.45, 2.75) is 81.6 Å². The Labute approximate surface area is 215 Å². The molecule has 4 fully saturated rings. The van der Waals surface area contributed by atoms with Crippen LogP contribution in [0.2, 0.25) is 0 Å². The van der Waals surface area contributed by atoms with Crippen LogP contribution in [0.3, 0.4) is 0 Å². The Kier molecular flexibility index (Phi) is 6.52. The summed E-state index contributed by atoms with van der Waals surface area (Å²) in [4.78, 5) is 2.83. The normalized spacial score (nSPS) is 36.6. The quantitative estimate of drug-likeness (QED) is 0.455. The van der Waals surface area contributed by atoms with Gasteiger partial charge >= 0.3 is 0 Å². The van der Waals surface area contributed by atoms with Crippen LogP contribution in [-0.2, 0) is 15.9 Å². The molecule has 0 radical (unpaired) electrons. The highest BCUT2D eigenvalue weighted by molar-refractivity contribution is 5.60. The van der Waals surface area contributed by atoms with Crippen LogP contribution in [-0.4, -0.2) is 86.1 Å². The zero-order chi connectivity index (χ0) is 25.1. The van der Waals surface area contributed by atoms with E-state index in [-0.39, 0.29) is 30.7 Å². The van der Waals surface area contributed by atoms with Crippen molar-refractivity contribution in [3.8, 4) is 11.5 Å². The van der Waals surface area contributed by atoms with Crippen molar-refractivity contribution in [2.75, 3.05) is 47.1 Å². The fourth-order valence-electron chi connectivity index (χ4n) is 8.45. The van der Waals surface area contributed by atoms with Gasteiger partial charge in [-0.2, -0.15) is 0 Å². The fourth-order valence-corrected chi connectivity index (χ4v) is 8.45. The molecule has 1 aromatic carbocycles. The maximum atomic E-state index is 9.88. The Morgan fingerprint density at radius 2 is 2.06 bits per heavy atom. The molecule has 0 amide bonds. The number of hydrogen-bond donors (Lipinski definition) is 2. The van der Waals surface area contributed by atoms with Gasteiger partial charge in [0.25, 0.3) is 0 Å². The first-order valence-electron chi connectivity index (χ1n) is 14.0. The van der Waals surface area contributed by atoms with E-state index >= 15 is 0 Å². The lowest BCUT2D eigenvalue weighted by Crippen LogP contribution is -2.72. The third-order valence-corrected chi connectivity index (χ3v) is 10.2. The van der Waals surface area contributed by atoms with Gasteiger partial charge in [-0.1, -0.05) is 13.0 Å². The van der Waals surface area contributed by atoms with Crippen molar-refractivity contribution >= 4 is 0 Å². The highest BCUT2D eigenvalue weighted by Gasteiger charge is 2.72. The average Bonchev–Trinajstić information content (AvgIpc) is 3.62. The molecule has 2 N–H and O–H groups in total. The van der Waals surface area contributed by atoms with Gasteiger partial charge in [0.2, 0.25) is 0 Å². The topological polar surface area (TPSA) is 80.6 Å². The lowest BCUT2D eigenvalue weighted by atomic mass is 9.43. The van der Waals surface area contributed by atoms with E-state index in [2.05, 4.69) is 24.0 Å². The molecule has 7 heteroatoms. The monoisotopic (exact) mass is 501 g/mol. The number of methoxy groups -OCH3 is 2. The lowest BCUT2D eigenvalue weighted by Gasteiger charge is -2.66. The number of benzene rings is 1. The van der Waals surface area contributed by atoms with Crippen molar-refractivity contribution in [3.63, 3.8) is 0 Å². The van der Waals surface area contributed by atoms with Crippen molar-refractivity contribution < 1.29 is 29.2 Å². The first-order chi connectivity index (χ1) is 17.5. The molecule has 1 spiro atoms. The van der Waals surface area contributed by atoms with Crippen LogP contribution in [0.5, 0.6) is 11.5 Å². The summed E-state index contributed by atoms with van der Waals surface area (Å²) < 4.78 is 25.1. The number of rotatable bonds is 12.